The number of amides is 1. The monoisotopic (exact) mass is 292 g/mol. The van der Waals surface area contributed by atoms with Gasteiger partial charge in [-0.3, -0.25) is 4.79 Å². The Kier molecular flexibility index (Phi) is 4.12. The van der Waals surface area contributed by atoms with E-state index in [1.807, 2.05) is 17.8 Å². The van der Waals surface area contributed by atoms with Gasteiger partial charge < -0.3 is 14.8 Å². The summed E-state index contributed by atoms with van der Waals surface area (Å²) in [6.45, 7) is 3.40. The number of piperidine rings is 3. The summed E-state index contributed by atoms with van der Waals surface area (Å²) in [5.74, 6) is 0.671. The smallest absolute Gasteiger partial charge is 0.244 e. The molecule has 4 rings (SSSR count). The summed E-state index contributed by atoms with van der Waals surface area (Å²) < 4.78 is 1.93. The molecule has 0 aliphatic carbocycles. The Morgan fingerprint density at radius 3 is 2.90 bits per heavy atom. The molecule has 1 N–H and O–H groups in total. The summed E-state index contributed by atoms with van der Waals surface area (Å²) in [4.78, 5) is 18.6. The van der Waals surface area contributed by atoms with Gasteiger partial charge in [0.2, 0.25) is 5.91 Å². The van der Waals surface area contributed by atoms with Crippen molar-refractivity contribution in [1.29, 1.82) is 0 Å². The molecular formula is C14H20N4OS. The first-order valence-electron chi connectivity index (χ1n) is 7.06. The molecule has 1 aromatic rings. The first-order valence-corrected chi connectivity index (χ1v) is 7.94. The van der Waals surface area contributed by atoms with Crippen LogP contribution in [-0.4, -0.2) is 46.0 Å². The number of thioether (sulfide) groups is 1. The van der Waals surface area contributed by atoms with Crippen LogP contribution in [0.4, 0.5) is 0 Å². The molecule has 1 aromatic heterocycles. The number of fused-ring (bicyclic) bond motifs is 3. The number of aromatic nitrogens is 2. The second-order valence-corrected chi connectivity index (χ2v) is 6.37. The maximum atomic E-state index is 11.9. The first kappa shape index (κ1) is 13.7. The molecule has 3 aliphatic rings. The fourth-order valence-electron chi connectivity index (χ4n) is 2.98. The van der Waals surface area contributed by atoms with Gasteiger partial charge in [-0.2, -0.15) is 0 Å². The number of hydrogen-bond donors (Lipinski definition) is 1. The van der Waals surface area contributed by atoms with E-state index in [0.717, 1.165) is 11.7 Å². The highest BCUT2D eigenvalue weighted by atomic mass is 32.2. The lowest BCUT2D eigenvalue weighted by Crippen LogP contribution is -2.57. The average molecular weight is 292 g/mol. The molecule has 5 nitrogen and oxygen atoms in total. The quantitative estimate of drug-likeness (QED) is 0.670. The minimum Gasteiger partial charge on any atom is -0.348 e. The van der Waals surface area contributed by atoms with Crippen LogP contribution in [0.5, 0.6) is 0 Å². The largest absolute Gasteiger partial charge is 0.348 e. The summed E-state index contributed by atoms with van der Waals surface area (Å²) in [7, 11) is 1.94. The molecule has 0 radical (unpaired) electrons. The van der Waals surface area contributed by atoms with E-state index in [1.165, 1.54) is 37.7 Å². The number of aryl methyl sites for hydroxylation is 1. The zero-order valence-corrected chi connectivity index (χ0v) is 12.5. The van der Waals surface area contributed by atoms with Crippen molar-refractivity contribution in [3.8, 4) is 0 Å². The number of carbonyl (C=O) groups excluding carboxylic acids is 1. The summed E-state index contributed by atoms with van der Waals surface area (Å²) >= 11 is 1.46. The van der Waals surface area contributed by atoms with Gasteiger partial charge in [0.05, 0.1) is 0 Å². The van der Waals surface area contributed by atoms with Crippen LogP contribution in [-0.2, 0) is 11.8 Å². The number of hydrogen-bond acceptors (Lipinski definition) is 4. The Morgan fingerprint density at radius 1 is 1.50 bits per heavy atom. The van der Waals surface area contributed by atoms with Crippen molar-refractivity contribution in [2.24, 2.45) is 13.0 Å². The Bertz CT molecular complexity index is 505. The highest BCUT2D eigenvalue weighted by Crippen LogP contribution is 2.27. The van der Waals surface area contributed by atoms with E-state index in [0.29, 0.717) is 12.0 Å². The maximum Gasteiger partial charge on any atom is 0.244 e. The van der Waals surface area contributed by atoms with Crippen molar-refractivity contribution in [3.63, 3.8) is 0 Å². The summed E-state index contributed by atoms with van der Waals surface area (Å²) in [6, 6.07) is 0.327. The topological polar surface area (TPSA) is 50.2 Å². The van der Waals surface area contributed by atoms with E-state index in [2.05, 4.69) is 15.2 Å². The van der Waals surface area contributed by atoms with Crippen LogP contribution in [0.2, 0.25) is 0 Å². The average Bonchev–Trinajstić information content (AvgIpc) is 2.86. The van der Waals surface area contributed by atoms with Crippen LogP contribution >= 0.6 is 11.8 Å². The van der Waals surface area contributed by atoms with Gasteiger partial charge in [-0.15, -0.1) is 0 Å². The number of nitrogens with zero attached hydrogens (tertiary/aromatic N) is 3. The molecule has 6 heteroatoms. The molecule has 0 spiro atoms. The van der Waals surface area contributed by atoms with Crippen molar-refractivity contribution in [2.45, 2.75) is 24.0 Å². The first-order chi connectivity index (χ1) is 9.72. The molecule has 0 unspecified atom stereocenters. The van der Waals surface area contributed by atoms with Crippen LogP contribution < -0.4 is 5.32 Å². The molecule has 2 bridgehead atoms. The van der Waals surface area contributed by atoms with Gasteiger partial charge in [-0.1, -0.05) is 11.8 Å². The predicted octanol–water partition coefficient (Wildman–Crippen LogP) is 1.24. The third-order valence-electron chi connectivity index (χ3n) is 4.15. The molecular weight excluding hydrogens is 272 g/mol. The minimum atomic E-state index is 0.00505. The molecule has 0 saturated carbocycles. The summed E-state index contributed by atoms with van der Waals surface area (Å²) in [6.07, 6.45) is 7.69. The lowest BCUT2D eigenvalue weighted by molar-refractivity contribution is -0.118. The van der Waals surface area contributed by atoms with Crippen LogP contribution in [0, 0.1) is 5.92 Å². The lowest BCUT2D eigenvalue weighted by atomic mass is 9.84. The molecule has 0 aromatic carbocycles. The fraction of sp³-hybridized carbons (Fsp3) is 0.571. The van der Waals surface area contributed by atoms with Crippen LogP contribution in [0.3, 0.4) is 0 Å². The molecule has 3 saturated heterocycles. The van der Waals surface area contributed by atoms with Gasteiger partial charge in [-0.05, 0) is 37.3 Å². The molecule has 1 atom stereocenters. The highest BCUT2D eigenvalue weighted by Gasteiger charge is 2.34. The summed E-state index contributed by atoms with van der Waals surface area (Å²) in [5, 5.41) is 5.83. The van der Waals surface area contributed by atoms with E-state index in [-0.39, 0.29) is 5.91 Å². The molecule has 3 fully saturated rings. The molecule has 3 aliphatic heterocycles. The van der Waals surface area contributed by atoms with E-state index < -0.39 is 0 Å². The molecule has 1 amide bonds. The van der Waals surface area contributed by atoms with E-state index in [1.54, 1.807) is 17.7 Å². The number of carbonyl (C=O) groups is 1. The van der Waals surface area contributed by atoms with Crippen molar-refractivity contribution < 1.29 is 4.79 Å². The van der Waals surface area contributed by atoms with E-state index in [9.17, 15) is 4.79 Å². The number of imidazole rings is 1. The maximum absolute atomic E-state index is 11.9. The molecule has 108 valence electrons. The molecule has 4 heterocycles. The number of rotatable bonds is 4. The Labute approximate surface area is 123 Å². The SMILES string of the molecule is Cn1ccnc1S/C=C/C(=O)N[C@H]1CN2CCC1CC2. The van der Waals surface area contributed by atoms with Crippen molar-refractivity contribution in [2.75, 3.05) is 19.6 Å². The van der Waals surface area contributed by atoms with Crippen LogP contribution in [0.15, 0.2) is 29.0 Å². The second-order valence-electron chi connectivity index (χ2n) is 5.49. The lowest BCUT2D eigenvalue weighted by Gasteiger charge is -2.44. The van der Waals surface area contributed by atoms with Gasteiger partial charge in [0.15, 0.2) is 5.16 Å². The van der Waals surface area contributed by atoms with Crippen LogP contribution in [0.1, 0.15) is 12.8 Å². The Morgan fingerprint density at radius 2 is 2.30 bits per heavy atom. The van der Waals surface area contributed by atoms with Gasteiger partial charge in [0, 0.05) is 38.1 Å². The van der Waals surface area contributed by atoms with Crippen molar-refractivity contribution in [1.82, 2.24) is 19.8 Å². The minimum absolute atomic E-state index is 0.00505. The Hall–Kier alpha value is -1.27. The summed E-state index contributed by atoms with van der Waals surface area (Å²) in [5.41, 5.74) is 0. The van der Waals surface area contributed by atoms with Crippen molar-refractivity contribution in [3.05, 3.63) is 23.9 Å². The van der Waals surface area contributed by atoms with E-state index in [4.69, 9.17) is 0 Å². The normalized spacial score (nSPS) is 28.9. The standard InChI is InChI=1S/C14H20N4OS/c1-17-8-5-15-14(17)20-9-4-13(19)16-12-10-18-6-2-11(12)3-7-18/h4-5,8-9,11-12H,2-3,6-7,10H2,1H3,(H,16,19)/b9-4+/t12-/m0/s1. The second kappa shape index (κ2) is 6.01. The zero-order valence-electron chi connectivity index (χ0n) is 11.7. The van der Waals surface area contributed by atoms with Gasteiger partial charge in [0.25, 0.3) is 0 Å². The van der Waals surface area contributed by atoms with Crippen molar-refractivity contribution >= 4 is 17.7 Å². The van der Waals surface area contributed by atoms with Gasteiger partial charge in [-0.25, -0.2) is 4.98 Å². The third kappa shape index (κ3) is 3.07. The fourth-order valence-corrected chi connectivity index (χ4v) is 3.64. The van der Waals surface area contributed by atoms with E-state index >= 15 is 0 Å². The predicted molar refractivity (Wildman–Crippen MR) is 79.3 cm³/mol. The van der Waals surface area contributed by atoms with Gasteiger partial charge >= 0.3 is 0 Å². The molecule has 20 heavy (non-hydrogen) atoms. The highest BCUT2D eigenvalue weighted by molar-refractivity contribution is 8.02. The Balaban J connectivity index is 1.49. The van der Waals surface area contributed by atoms with Gasteiger partial charge in [0.1, 0.15) is 0 Å². The third-order valence-corrected chi connectivity index (χ3v) is 5.03. The zero-order chi connectivity index (χ0) is 13.9. The number of nitrogens with one attached hydrogen (secondary N) is 1. The van der Waals surface area contributed by atoms with Crippen LogP contribution in [0.25, 0.3) is 0 Å².